The highest BCUT2D eigenvalue weighted by atomic mass is 35.5. The Morgan fingerprint density at radius 2 is 1.62 bits per heavy atom. The van der Waals surface area contributed by atoms with E-state index in [-0.39, 0.29) is 25.0 Å². The van der Waals surface area contributed by atoms with Crippen LogP contribution in [0.3, 0.4) is 0 Å². The maximum atomic E-state index is 13.3. The first-order valence-electron chi connectivity index (χ1n) is 10.5. The fourth-order valence-corrected chi connectivity index (χ4v) is 3.59. The van der Waals surface area contributed by atoms with Crippen molar-refractivity contribution in [1.82, 2.24) is 10.2 Å². The van der Waals surface area contributed by atoms with Crippen molar-refractivity contribution < 1.29 is 14.3 Å². The van der Waals surface area contributed by atoms with E-state index in [4.69, 9.17) is 16.3 Å². The molecule has 2 amide bonds. The highest BCUT2D eigenvalue weighted by Crippen LogP contribution is 2.21. The molecule has 0 saturated carbocycles. The van der Waals surface area contributed by atoms with Crippen molar-refractivity contribution >= 4 is 23.4 Å². The summed E-state index contributed by atoms with van der Waals surface area (Å²) in [5.41, 5.74) is 2.82. The molecule has 0 spiro atoms. The van der Waals surface area contributed by atoms with Crippen LogP contribution in [-0.2, 0) is 22.6 Å². The standard InChI is InChI=1S/C26H27ClN2O3/c1-19-12-14-22(15-13-19)32-18-25(30)29(17-21-10-6-7-11-23(21)27)24(26(31)28-2)16-20-8-4-3-5-9-20/h3-15,24H,16-18H2,1-2H3,(H,28,31)/t24-/m1/s1. The Morgan fingerprint density at radius 1 is 0.969 bits per heavy atom. The van der Waals surface area contributed by atoms with Gasteiger partial charge in [-0.15, -0.1) is 0 Å². The quantitative estimate of drug-likeness (QED) is 0.525. The molecule has 0 aliphatic heterocycles. The molecule has 5 nitrogen and oxygen atoms in total. The van der Waals surface area contributed by atoms with E-state index in [0.29, 0.717) is 17.2 Å². The lowest BCUT2D eigenvalue weighted by molar-refractivity contribution is -0.142. The number of likely N-dealkylation sites (N-methyl/N-ethyl adjacent to an activating group) is 1. The van der Waals surface area contributed by atoms with Crippen LogP contribution in [0.25, 0.3) is 0 Å². The number of carbonyl (C=O) groups is 2. The van der Waals surface area contributed by atoms with Crippen LogP contribution in [0.1, 0.15) is 16.7 Å². The Bertz CT molecular complexity index is 1040. The Balaban J connectivity index is 1.87. The van der Waals surface area contributed by atoms with Gasteiger partial charge in [-0.25, -0.2) is 0 Å². The maximum Gasteiger partial charge on any atom is 0.261 e. The third kappa shape index (κ3) is 6.34. The summed E-state index contributed by atoms with van der Waals surface area (Å²) < 4.78 is 5.73. The van der Waals surface area contributed by atoms with Crippen molar-refractivity contribution in [2.75, 3.05) is 13.7 Å². The molecule has 0 aromatic heterocycles. The topological polar surface area (TPSA) is 58.6 Å². The normalized spacial score (nSPS) is 11.5. The van der Waals surface area contributed by atoms with Crippen LogP contribution in [0.2, 0.25) is 5.02 Å². The second-order valence-corrected chi connectivity index (χ2v) is 7.94. The van der Waals surface area contributed by atoms with Crippen molar-refractivity contribution in [1.29, 1.82) is 0 Å². The Hall–Kier alpha value is -3.31. The number of nitrogens with zero attached hydrogens (tertiary/aromatic N) is 1. The van der Waals surface area contributed by atoms with E-state index in [2.05, 4.69) is 5.32 Å². The minimum atomic E-state index is -0.715. The molecule has 0 aliphatic carbocycles. The minimum Gasteiger partial charge on any atom is -0.484 e. The monoisotopic (exact) mass is 450 g/mol. The van der Waals surface area contributed by atoms with Crippen LogP contribution in [0, 0.1) is 6.92 Å². The van der Waals surface area contributed by atoms with Gasteiger partial charge in [0.15, 0.2) is 6.61 Å². The largest absolute Gasteiger partial charge is 0.484 e. The Morgan fingerprint density at radius 3 is 2.28 bits per heavy atom. The first-order valence-corrected chi connectivity index (χ1v) is 10.8. The summed E-state index contributed by atoms with van der Waals surface area (Å²) in [4.78, 5) is 27.7. The Kier molecular flexibility index (Phi) is 8.28. The molecule has 6 heteroatoms. The third-order valence-electron chi connectivity index (χ3n) is 5.20. The Labute approximate surface area is 194 Å². The smallest absolute Gasteiger partial charge is 0.261 e. The molecule has 1 atom stereocenters. The van der Waals surface area contributed by atoms with Crippen LogP contribution >= 0.6 is 11.6 Å². The lowest BCUT2D eigenvalue weighted by atomic mass is 10.0. The number of hydrogen-bond donors (Lipinski definition) is 1. The highest BCUT2D eigenvalue weighted by molar-refractivity contribution is 6.31. The molecule has 32 heavy (non-hydrogen) atoms. The fraction of sp³-hybridized carbons (Fsp3) is 0.231. The van der Waals surface area contributed by atoms with Gasteiger partial charge in [0.05, 0.1) is 0 Å². The average molecular weight is 451 g/mol. The molecule has 0 unspecified atom stereocenters. The molecule has 0 bridgehead atoms. The van der Waals surface area contributed by atoms with Gasteiger partial charge in [-0.1, -0.05) is 77.8 Å². The van der Waals surface area contributed by atoms with Crippen molar-refractivity contribution in [3.8, 4) is 5.75 Å². The summed E-state index contributed by atoms with van der Waals surface area (Å²) in [5.74, 6) is 0.0563. The van der Waals surface area contributed by atoms with Crippen LogP contribution < -0.4 is 10.1 Å². The highest BCUT2D eigenvalue weighted by Gasteiger charge is 2.30. The number of carbonyl (C=O) groups excluding carboxylic acids is 2. The van der Waals surface area contributed by atoms with Crippen molar-refractivity contribution in [2.45, 2.75) is 25.9 Å². The molecular weight excluding hydrogens is 424 g/mol. The van der Waals surface area contributed by atoms with E-state index in [9.17, 15) is 9.59 Å². The lowest BCUT2D eigenvalue weighted by Crippen LogP contribution is -2.51. The van der Waals surface area contributed by atoms with E-state index in [1.54, 1.807) is 18.0 Å². The predicted octanol–water partition coefficient (Wildman–Crippen LogP) is 4.41. The summed E-state index contributed by atoms with van der Waals surface area (Å²) >= 11 is 6.37. The number of amides is 2. The number of aryl methyl sites for hydroxylation is 1. The van der Waals surface area contributed by atoms with Gasteiger partial charge in [-0.3, -0.25) is 9.59 Å². The number of halogens is 1. The van der Waals surface area contributed by atoms with Crippen molar-refractivity contribution in [2.24, 2.45) is 0 Å². The predicted molar refractivity (Wildman–Crippen MR) is 127 cm³/mol. The van der Waals surface area contributed by atoms with Gasteiger partial charge in [0.2, 0.25) is 5.91 Å². The van der Waals surface area contributed by atoms with Gasteiger partial charge in [0.1, 0.15) is 11.8 Å². The molecule has 3 rings (SSSR count). The van der Waals surface area contributed by atoms with E-state index >= 15 is 0 Å². The summed E-state index contributed by atoms with van der Waals surface area (Å²) in [7, 11) is 1.57. The summed E-state index contributed by atoms with van der Waals surface area (Å²) in [5, 5.41) is 3.24. The average Bonchev–Trinajstić information content (AvgIpc) is 2.82. The number of benzene rings is 3. The third-order valence-corrected chi connectivity index (χ3v) is 5.57. The number of ether oxygens (including phenoxy) is 1. The molecule has 0 fully saturated rings. The van der Waals surface area contributed by atoms with Crippen molar-refractivity contribution in [3.05, 3.63) is 101 Å². The molecule has 0 saturated heterocycles. The van der Waals surface area contributed by atoms with E-state index in [1.807, 2.05) is 79.7 Å². The number of nitrogens with one attached hydrogen (secondary N) is 1. The molecule has 0 radical (unpaired) electrons. The first-order chi connectivity index (χ1) is 15.5. The minimum absolute atomic E-state index is 0.185. The second kappa shape index (κ2) is 11.3. The molecule has 166 valence electrons. The number of hydrogen-bond acceptors (Lipinski definition) is 3. The lowest BCUT2D eigenvalue weighted by Gasteiger charge is -2.31. The maximum absolute atomic E-state index is 13.3. The molecule has 0 aliphatic rings. The summed E-state index contributed by atoms with van der Waals surface area (Å²) in [6.45, 7) is 1.99. The van der Waals surface area contributed by atoms with Gasteiger partial charge in [-0.2, -0.15) is 0 Å². The molecule has 0 heterocycles. The SMILES string of the molecule is CNC(=O)[C@@H](Cc1ccccc1)N(Cc1ccccc1Cl)C(=O)COc1ccc(C)cc1. The van der Waals surface area contributed by atoms with E-state index in [0.717, 1.165) is 16.7 Å². The summed E-state index contributed by atoms with van der Waals surface area (Å²) in [6.07, 6.45) is 0.376. The zero-order valence-corrected chi connectivity index (χ0v) is 19.0. The van der Waals surface area contributed by atoms with Crippen LogP contribution in [0.5, 0.6) is 5.75 Å². The van der Waals surface area contributed by atoms with Gasteiger partial charge in [-0.05, 0) is 36.2 Å². The molecule has 1 N–H and O–H groups in total. The van der Waals surface area contributed by atoms with Gasteiger partial charge >= 0.3 is 0 Å². The van der Waals surface area contributed by atoms with Gasteiger partial charge in [0, 0.05) is 25.0 Å². The van der Waals surface area contributed by atoms with Gasteiger partial charge < -0.3 is 15.0 Å². The molecule has 3 aromatic rings. The van der Waals surface area contributed by atoms with Crippen LogP contribution in [-0.4, -0.2) is 36.4 Å². The number of rotatable bonds is 9. The van der Waals surface area contributed by atoms with Crippen LogP contribution in [0.4, 0.5) is 0 Å². The van der Waals surface area contributed by atoms with Gasteiger partial charge in [0.25, 0.3) is 5.91 Å². The first kappa shape index (κ1) is 23.4. The van der Waals surface area contributed by atoms with Crippen LogP contribution in [0.15, 0.2) is 78.9 Å². The second-order valence-electron chi connectivity index (χ2n) is 7.53. The zero-order valence-electron chi connectivity index (χ0n) is 18.3. The van der Waals surface area contributed by atoms with E-state index < -0.39 is 6.04 Å². The van der Waals surface area contributed by atoms with Crippen molar-refractivity contribution in [3.63, 3.8) is 0 Å². The molecule has 3 aromatic carbocycles. The molecular formula is C26H27ClN2O3. The van der Waals surface area contributed by atoms with E-state index in [1.165, 1.54) is 0 Å². The fourth-order valence-electron chi connectivity index (χ4n) is 3.39. The zero-order chi connectivity index (χ0) is 22.9. The summed E-state index contributed by atoms with van der Waals surface area (Å²) in [6, 6.07) is 23.7.